The smallest absolute Gasteiger partial charge is 0.211 e. The largest absolute Gasteiger partial charge is 0.230 e. The highest BCUT2D eigenvalue weighted by molar-refractivity contribution is 7.90. The molecule has 1 unspecified atom stereocenters. The third kappa shape index (κ3) is 2.93. The van der Waals surface area contributed by atoms with Gasteiger partial charge in [0.2, 0.25) is 10.0 Å². The fourth-order valence-corrected chi connectivity index (χ4v) is 3.12. The van der Waals surface area contributed by atoms with Crippen LogP contribution in [0.1, 0.15) is 33.6 Å². The average Bonchev–Trinajstić information content (AvgIpc) is 2.95. The molecule has 0 aromatic rings. The molecule has 0 heterocycles. The van der Waals surface area contributed by atoms with Crippen molar-refractivity contribution in [3.8, 4) is 6.07 Å². The minimum atomic E-state index is -3.41. The van der Waals surface area contributed by atoms with Gasteiger partial charge in [0, 0.05) is 12.6 Å². The first-order valence-electron chi connectivity index (χ1n) is 5.30. The zero-order chi connectivity index (χ0) is 11.6. The van der Waals surface area contributed by atoms with E-state index in [1.165, 1.54) is 11.2 Å². The summed E-state index contributed by atoms with van der Waals surface area (Å²) in [5, 5.41) is 7.77. The predicted molar refractivity (Wildman–Crippen MR) is 58.6 cm³/mol. The summed E-state index contributed by atoms with van der Waals surface area (Å²) in [6.45, 7) is 5.95. The van der Waals surface area contributed by atoms with Crippen LogP contribution in [0.15, 0.2) is 0 Å². The summed E-state index contributed by atoms with van der Waals surface area (Å²) in [4.78, 5) is 0. The maximum Gasteiger partial charge on any atom is 0.230 e. The van der Waals surface area contributed by atoms with Crippen molar-refractivity contribution < 1.29 is 8.42 Å². The normalized spacial score (nSPS) is 19.2. The molecule has 0 N–H and O–H groups in total. The van der Waals surface area contributed by atoms with E-state index in [4.69, 9.17) is 5.26 Å². The van der Waals surface area contributed by atoms with Gasteiger partial charge in [0.15, 0.2) is 5.25 Å². The van der Waals surface area contributed by atoms with Crippen LogP contribution in [0.2, 0.25) is 0 Å². The summed E-state index contributed by atoms with van der Waals surface area (Å²) < 4.78 is 25.5. The average molecular weight is 230 g/mol. The molecule has 1 rings (SSSR count). The second-order valence-corrected chi connectivity index (χ2v) is 6.72. The zero-order valence-electron chi connectivity index (χ0n) is 9.47. The molecule has 0 aromatic carbocycles. The number of rotatable bonds is 5. The first kappa shape index (κ1) is 12.5. The minimum absolute atomic E-state index is 0.146. The Kier molecular flexibility index (Phi) is 3.74. The lowest BCUT2D eigenvalue weighted by Gasteiger charge is -2.24. The molecule has 5 heteroatoms. The SMILES string of the molecule is CC(C)CN(C1CC1)S(=O)(=O)C(C)C#N. The van der Waals surface area contributed by atoms with Crippen LogP contribution in [-0.2, 0) is 10.0 Å². The molecule has 4 nitrogen and oxygen atoms in total. The molecular formula is C10H18N2O2S. The van der Waals surface area contributed by atoms with Crippen LogP contribution >= 0.6 is 0 Å². The van der Waals surface area contributed by atoms with E-state index in [2.05, 4.69) is 0 Å². The fourth-order valence-electron chi connectivity index (χ4n) is 1.45. The summed E-state index contributed by atoms with van der Waals surface area (Å²) in [6.07, 6.45) is 1.87. The van der Waals surface area contributed by atoms with Crippen LogP contribution in [0.4, 0.5) is 0 Å². The third-order valence-electron chi connectivity index (χ3n) is 2.45. The quantitative estimate of drug-likeness (QED) is 0.716. The van der Waals surface area contributed by atoms with Crippen molar-refractivity contribution in [3.63, 3.8) is 0 Å². The Bertz CT molecular complexity index is 352. The van der Waals surface area contributed by atoms with Gasteiger partial charge in [-0.25, -0.2) is 8.42 Å². The predicted octanol–water partition coefficient (Wildman–Crippen LogP) is 1.35. The maximum absolute atomic E-state index is 12.0. The van der Waals surface area contributed by atoms with Crippen molar-refractivity contribution in [3.05, 3.63) is 0 Å². The Labute approximate surface area is 91.9 Å². The molecule has 0 radical (unpaired) electrons. The van der Waals surface area contributed by atoms with Crippen LogP contribution < -0.4 is 0 Å². The van der Waals surface area contributed by atoms with Crippen LogP contribution in [0.5, 0.6) is 0 Å². The Morgan fingerprint density at radius 1 is 1.40 bits per heavy atom. The van der Waals surface area contributed by atoms with Gasteiger partial charge in [0.25, 0.3) is 0 Å². The molecule has 1 atom stereocenters. The summed E-state index contributed by atoms with van der Waals surface area (Å²) in [6, 6.07) is 1.96. The first-order valence-corrected chi connectivity index (χ1v) is 6.80. The van der Waals surface area contributed by atoms with Gasteiger partial charge in [-0.2, -0.15) is 9.57 Å². The lowest BCUT2D eigenvalue weighted by Crippen LogP contribution is -2.40. The monoisotopic (exact) mass is 230 g/mol. The highest BCUT2D eigenvalue weighted by Gasteiger charge is 2.39. The van der Waals surface area contributed by atoms with Gasteiger partial charge in [0.1, 0.15) is 0 Å². The topological polar surface area (TPSA) is 61.2 Å². The lowest BCUT2D eigenvalue weighted by atomic mass is 10.2. The lowest BCUT2D eigenvalue weighted by molar-refractivity contribution is 0.358. The molecule has 1 aliphatic carbocycles. The van der Waals surface area contributed by atoms with Gasteiger partial charge in [-0.05, 0) is 25.7 Å². The molecule has 1 aliphatic rings. The van der Waals surface area contributed by atoms with Gasteiger partial charge >= 0.3 is 0 Å². The molecular weight excluding hydrogens is 212 g/mol. The zero-order valence-corrected chi connectivity index (χ0v) is 10.3. The van der Waals surface area contributed by atoms with E-state index in [1.54, 1.807) is 0 Å². The van der Waals surface area contributed by atoms with Crippen LogP contribution in [0.3, 0.4) is 0 Å². The second kappa shape index (κ2) is 4.50. The molecule has 0 aliphatic heterocycles. The highest BCUT2D eigenvalue weighted by Crippen LogP contribution is 2.31. The van der Waals surface area contributed by atoms with Gasteiger partial charge in [-0.1, -0.05) is 13.8 Å². The summed E-state index contributed by atoms with van der Waals surface area (Å²) >= 11 is 0. The minimum Gasteiger partial charge on any atom is -0.211 e. The summed E-state index contributed by atoms with van der Waals surface area (Å²) in [7, 11) is -3.41. The highest BCUT2D eigenvalue weighted by atomic mass is 32.2. The van der Waals surface area contributed by atoms with E-state index in [1.807, 2.05) is 19.9 Å². The number of hydrogen-bond acceptors (Lipinski definition) is 3. The van der Waals surface area contributed by atoms with E-state index >= 15 is 0 Å². The molecule has 15 heavy (non-hydrogen) atoms. The Morgan fingerprint density at radius 2 is 1.93 bits per heavy atom. The van der Waals surface area contributed by atoms with Crippen molar-refractivity contribution in [1.82, 2.24) is 4.31 Å². The van der Waals surface area contributed by atoms with E-state index in [0.29, 0.717) is 12.5 Å². The van der Waals surface area contributed by atoms with E-state index in [-0.39, 0.29) is 6.04 Å². The molecule has 0 amide bonds. The Balaban J connectivity index is 2.84. The summed E-state index contributed by atoms with van der Waals surface area (Å²) in [5.41, 5.74) is 0. The van der Waals surface area contributed by atoms with Crippen molar-refractivity contribution in [2.75, 3.05) is 6.54 Å². The van der Waals surface area contributed by atoms with Crippen molar-refractivity contribution in [2.24, 2.45) is 5.92 Å². The molecule has 86 valence electrons. The van der Waals surface area contributed by atoms with Crippen molar-refractivity contribution in [2.45, 2.75) is 44.9 Å². The third-order valence-corrected chi connectivity index (χ3v) is 4.55. The molecule has 0 spiro atoms. The van der Waals surface area contributed by atoms with Crippen LogP contribution in [-0.4, -0.2) is 30.6 Å². The number of nitrogens with zero attached hydrogens (tertiary/aromatic N) is 2. The molecule has 1 fully saturated rings. The van der Waals surface area contributed by atoms with Crippen LogP contribution in [0, 0.1) is 17.2 Å². The standard InChI is InChI=1S/C10H18N2O2S/c1-8(2)7-12(10-4-5-10)15(13,14)9(3)6-11/h8-10H,4-5,7H2,1-3H3. The first-order chi connectivity index (χ1) is 6.89. The molecule has 0 saturated heterocycles. The Hall–Kier alpha value is -0.600. The van der Waals surface area contributed by atoms with E-state index in [0.717, 1.165) is 12.8 Å². The number of sulfonamides is 1. The van der Waals surface area contributed by atoms with E-state index < -0.39 is 15.3 Å². The number of nitriles is 1. The van der Waals surface area contributed by atoms with Gasteiger partial charge < -0.3 is 0 Å². The van der Waals surface area contributed by atoms with Gasteiger partial charge in [0.05, 0.1) is 6.07 Å². The maximum atomic E-state index is 12.0. The van der Waals surface area contributed by atoms with Crippen LogP contribution in [0.25, 0.3) is 0 Å². The molecule has 0 bridgehead atoms. The van der Waals surface area contributed by atoms with Gasteiger partial charge in [-0.15, -0.1) is 0 Å². The summed E-state index contributed by atoms with van der Waals surface area (Å²) in [5.74, 6) is 0.297. The number of hydrogen-bond donors (Lipinski definition) is 0. The fraction of sp³-hybridized carbons (Fsp3) is 0.900. The Morgan fingerprint density at radius 3 is 2.27 bits per heavy atom. The van der Waals surface area contributed by atoms with Crippen molar-refractivity contribution >= 4 is 10.0 Å². The van der Waals surface area contributed by atoms with Gasteiger partial charge in [-0.3, -0.25) is 0 Å². The van der Waals surface area contributed by atoms with Crippen molar-refractivity contribution in [1.29, 1.82) is 5.26 Å². The molecule has 0 aromatic heterocycles. The van der Waals surface area contributed by atoms with E-state index in [9.17, 15) is 8.42 Å². The second-order valence-electron chi connectivity index (χ2n) is 4.51. The molecule has 1 saturated carbocycles.